The lowest BCUT2D eigenvalue weighted by Crippen LogP contribution is -2.21. The summed E-state index contributed by atoms with van der Waals surface area (Å²) in [6.07, 6.45) is 4.66. The molecule has 2 atom stereocenters. The van der Waals surface area contributed by atoms with Gasteiger partial charge >= 0.3 is 0 Å². The number of rotatable bonds is 3. The molecule has 1 nitrogen and oxygen atoms in total. The molecule has 0 amide bonds. The molecule has 0 saturated heterocycles. The van der Waals surface area contributed by atoms with Gasteiger partial charge in [0.1, 0.15) is 0 Å². The van der Waals surface area contributed by atoms with Crippen LogP contribution in [0.5, 0.6) is 0 Å². The third kappa shape index (κ3) is 4.22. The highest BCUT2D eigenvalue weighted by Gasteiger charge is 2.26. The van der Waals surface area contributed by atoms with E-state index in [0.717, 1.165) is 19.4 Å². The van der Waals surface area contributed by atoms with Crippen molar-refractivity contribution in [3.8, 4) is 0 Å². The molecule has 1 aliphatic carbocycles. The molecule has 2 rings (SSSR count). The Morgan fingerprint density at radius 3 is 2.74 bits per heavy atom. The van der Waals surface area contributed by atoms with Gasteiger partial charge in [0.2, 0.25) is 0 Å². The Bertz CT molecular complexity index is 408. The average Bonchev–Trinajstić information content (AvgIpc) is 2.49. The summed E-state index contributed by atoms with van der Waals surface area (Å²) in [7, 11) is 0. The van der Waals surface area contributed by atoms with Crippen molar-refractivity contribution in [2.75, 3.05) is 6.61 Å². The predicted molar refractivity (Wildman–Crippen MR) is 81.8 cm³/mol. The Labute approximate surface area is 122 Å². The van der Waals surface area contributed by atoms with E-state index < -0.39 is 0 Å². The zero-order chi connectivity index (χ0) is 13.9. The fourth-order valence-corrected chi connectivity index (χ4v) is 3.26. The van der Waals surface area contributed by atoms with Crippen LogP contribution < -0.4 is 0 Å². The second kappa shape index (κ2) is 6.28. The van der Waals surface area contributed by atoms with Gasteiger partial charge in [0.15, 0.2) is 0 Å². The number of hydrogen-bond donors (Lipinski definition) is 0. The third-order valence-electron chi connectivity index (χ3n) is 3.81. The summed E-state index contributed by atoms with van der Waals surface area (Å²) in [5, 5.41) is 0.141. The lowest BCUT2D eigenvalue weighted by atomic mass is 9.93. The van der Waals surface area contributed by atoms with Crippen molar-refractivity contribution < 1.29 is 4.74 Å². The molecule has 0 saturated carbocycles. The highest BCUT2D eigenvalue weighted by molar-refractivity contribution is 6.21. The van der Waals surface area contributed by atoms with Gasteiger partial charge in [-0.1, -0.05) is 24.3 Å². The molecule has 1 aromatic rings. The highest BCUT2D eigenvalue weighted by Crippen LogP contribution is 2.39. The molecule has 106 valence electrons. The normalized spacial score (nSPS) is 23.8. The highest BCUT2D eigenvalue weighted by atomic mass is 35.5. The summed E-state index contributed by atoms with van der Waals surface area (Å²) in [6, 6.07) is 8.63. The summed E-state index contributed by atoms with van der Waals surface area (Å²) in [5.74, 6) is 0.535. The van der Waals surface area contributed by atoms with Gasteiger partial charge in [-0.2, -0.15) is 0 Å². The summed E-state index contributed by atoms with van der Waals surface area (Å²) < 4.78 is 5.85. The van der Waals surface area contributed by atoms with Crippen LogP contribution in [-0.2, 0) is 11.2 Å². The number of aryl methyl sites for hydroxylation is 1. The minimum Gasteiger partial charge on any atom is -0.376 e. The molecular formula is C17H25ClO. The van der Waals surface area contributed by atoms with E-state index in [-0.39, 0.29) is 11.0 Å². The molecular weight excluding hydrogens is 256 g/mol. The molecule has 0 fully saturated rings. The Morgan fingerprint density at radius 2 is 2.00 bits per heavy atom. The third-order valence-corrected chi connectivity index (χ3v) is 4.40. The molecule has 0 radical (unpaired) electrons. The van der Waals surface area contributed by atoms with Crippen LogP contribution in [0.25, 0.3) is 0 Å². The molecule has 0 spiro atoms. The largest absolute Gasteiger partial charge is 0.376 e. The van der Waals surface area contributed by atoms with Crippen molar-refractivity contribution in [2.45, 2.75) is 57.4 Å². The van der Waals surface area contributed by atoms with E-state index in [9.17, 15) is 0 Å². The Hall–Kier alpha value is -0.530. The van der Waals surface area contributed by atoms with Gasteiger partial charge in [-0.05, 0) is 63.5 Å². The molecule has 0 aromatic heterocycles. The summed E-state index contributed by atoms with van der Waals surface area (Å²) in [6.45, 7) is 7.12. The maximum absolute atomic E-state index is 6.71. The first-order valence-electron chi connectivity index (χ1n) is 7.33. The topological polar surface area (TPSA) is 9.23 Å². The first kappa shape index (κ1) is 14.9. The summed E-state index contributed by atoms with van der Waals surface area (Å²) >= 11 is 6.71. The van der Waals surface area contributed by atoms with Crippen LogP contribution in [0, 0.1) is 5.92 Å². The minimum absolute atomic E-state index is 0.0511. The van der Waals surface area contributed by atoms with Crippen LogP contribution in [0.1, 0.15) is 56.5 Å². The van der Waals surface area contributed by atoms with E-state index >= 15 is 0 Å². The smallest absolute Gasteiger partial charge is 0.0616 e. The molecule has 1 aromatic carbocycles. The number of ether oxygens (including phenoxy) is 1. The molecule has 19 heavy (non-hydrogen) atoms. The van der Waals surface area contributed by atoms with E-state index in [1.54, 1.807) is 0 Å². The lowest BCUT2D eigenvalue weighted by Gasteiger charge is -2.24. The molecule has 0 aliphatic heterocycles. The lowest BCUT2D eigenvalue weighted by molar-refractivity contribution is -0.00982. The van der Waals surface area contributed by atoms with Crippen LogP contribution in [0.4, 0.5) is 0 Å². The summed E-state index contributed by atoms with van der Waals surface area (Å²) in [4.78, 5) is 0. The second-order valence-electron chi connectivity index (χ2n) is 6.50. The monoisotopic (exact) mass is 280 g/mol. The summed E-state index contributed by atoms with van der Waals surface area (Å²) in [5.41, 5.74) is 2.72. The Balaban J connectivity index is 1.99. The quantitative estimate of drug-likeness (QED) is 0.551. The Morgan fingerprint density at radius 1 is 1.26 bits per heavy atom. The van der Waals surface area contributed by atoms with Crippen molar-refractivity contribution in [1.29, 1.82) is 0 Å². The van der Waals surface area contributed by atoms with Gasteiger partial charge in [-0.3, -0.25) is 0 Å². The molecule has 0 N–H and O–H groups in total. The predicted octanol–water partition coefficient (Wildman–Crippen LogP) is 5.12. The molecule has 0 bridgehead atoms. The van der Waals surface area contributed by atoms with E-state index in [1.807, 2.05) is 0 Å². The molecule has 1 aliphatic rings. The van der Waals surface area contributed by atoms with Gasteiger partial charge in [-0.25, -0.2) is 0 Å². The fraction of sp³-hybridized carbons (Fsp3) is 0.647. The van der Waals surface area contributed by atoms with Crippen molar-refractivity contribution in [3.63, 3.8) is 0 Å². The van der Waals surface area contributed by atoms with E-state index in [0.29, 0.717) is 5.92 Å². The Kier molecular flexibility index (Phi) is 4.92. The number of fused-ring (bicyclic) bond motifs is 1. The zero-order valence-corrected chi connectivity index (χ0v) is 13.0. The number of alkyl halides is 1. The standard InChI is InChI=1S/C17H25ClO/c1-17(2,3)19-12-11-14-9-6-8-13-7-4-5-10-15(13)16(14)18/h4-5,7,10,14,16H,6,8-9,11-12H2,1-3H3. The van der Waals surface area contributed by atoms with E-state index in [1.165, 1.54) is 24.0 Å². The van der Waals surface area contributed by atoms with Crippen LogP contribution in [-0.4, -0.2) is 12.2 Å². The van der Waals surface area contributed by atoms with Crippen molar-refractivity contribution in [3.05, 3.63) is 35.4 Å². The molecule has 2 heteroatoms. The van der Waals surface area contributed by atoms with Crippen molar-refractivity contribution >= 4 is 11.6 Å². The molecule has 2 unspecified atom stereocenters. The van der Waals surface area contributed by atoms with Crippen molar-refractivity contribution in [1.82, 2.24) is 0 Å². The average molecular weight is 281 g/mol. The molecule has 0 heterocycles. The van der Waals surface area contributed by atoms with E-state index in [4.69, 9.17) is 16.3 Å². The number of benzene rings is 1. The second-order valence-corrected chi connectivity index (χ2v) is 6.97. The van der Waals surface area contributed by atoms with Gasteiger partial charge in [0.25, 0.3) is 0 Å². The van der Waals surface area contributed by atoms with Crippen molar-refractivity contribution in [2.24, 2.45) is 5.92 Å². The maximum Gasteiger partial charge on any atom is 0.0616 e. The zero-order valence-electron chi connectivity index (χ0n) is 12.3. The van der Waals surface area contributed by atoms with Crippen LogP contribution in [0.2, 0.25) is 0 Å². The maximum atomic E-state index is 6.71. The van der Waals surface area contributed by atoms with Gasteiger partial charge in [-0.15, -0.1) is 11.6 Å². The fourth-order valence-electron chi connectivity index (χ4n) is 2.79. The SMILES string of the molecule is CC(C)(C)OCCC1CCCc2ccccc2C1Cl. The van der Waals surface area contributed by atoms with Crippen LogP contribution in [0.15, 0.2) is 24.3 Å². The van der Waals surface area contributed by atoms with E-state index in [2.05, 4.69) is 45.0 Å². The van der Waals surface area contributed by atoms with Gasteiger partial charge in [0, 0.05) is 6.61 Å². The first-order chi connectivity index (χ1) is 8.97. The minimum atomic E-state index is -0.0511. The van der Waals surface area contributed by atoms with Gasteiger partial charge < -0.3 is 4.74 Å². The number of hydrogen-bond acceptors (Lipinski definition) is 1. The van der Waals surface area contributed by atoms with Crippen LogP contribution >= 0.6 is 11.6 Å². The van der Waals surface area contributed by atoms with Crippen LogP contribution in [0.3, 0.4) is 0 Å². The van der Waals surface area contributed by atoms with Gasteiger partial charge in [0.05, 0.1) is 11.0 Å². The number of halogens is 1. The first-order valence-corrected chi connectivity index (χ1v) is 7.77.